The van der Waals surface area contributed by atoms with Gasteiger partial charge in [0.05, 0.1) is 12.5 Å². The molecule has 3 heteroatoms. The zero-order valence-electron chi connectivity index (χ0n) is 16.4. The largest absolute Gasteiger partial charge is 0.494 e. The van der Waals surface area contributed by atoms with Crippen LogP contribution < -0.4 is 4.74 Å². The number of benzene rings is 2. The van der Waals surface area contributed by atoms with Crippen LogP contribution in [0.4, 0.5) is 0 Å². The summed E-state index contributed by atoms with van der Waals surface area (Å²) >= 11 is 0. The van der Waals surface area contributed by atoms with Crippen LogP contribution in [-0.2, 0) is 0 Å². The molecule has 0 spiro atoms. The van der Waals surface area contributed by atoms with E-state index in [2.05, 4.69) is 24.0 Å². The number of nitrogens with zero attached hydrogens (tertiary/aromatic N) is 1. The first-order valence-electron chi connectivity index (χ1n) is 10.3. The van der Waals surface area contributed by atoms with Crippen molar-refractivity contribution < 1.29 is 9.53 Å². The van der Waals surface area contributed by atoms with Crippen molar-refractivity contribution in [3.8, 4) is 5.75 Å². The van der Waals surface area contributed by atoms with Crippen molar-refractivity contribution in [1.29, 1.82) is 0 Å². The van der Waals surface area contributed by atoms with Crippen molar-refractivity contribution >= 4 is 5.78 Å². The Labute approximate surface area is 163 Å². The monoisotopic (exact) mass is 365 g/mol. The zero-order chi connectivity index (χ0) is 18.9. The van der Waals surface area contributed by atoms with Crippen LogP contribution in [0.5, 0.6) is 5.75 Å². The lowest BCUT2D eigenvalue weighted by atomic mass is 9.89. The molecule has 1 fully saturated rings. The van der Waals surface area contributed by atoms with Crippen molar-refractivity contribution in [3.05, 3.63) is 65.7 Å². The highest BCUT2D eigenvalue weighted by atomic mass is 16.5. The maximum atomic E-state index is 13.3. The quantitative estimate of drug-likeness (QED) is 0.445. The minimum absolute atomic E-state index is 0.115. The maximum Gasteiger partial charge on any atom is 0.171 e. The van der Waals surface area contributed by atoms with Gasteiger partial charge in [-0.1, -0.05) is 50.1 Å². The third-order valence-corrected chi connectivity index (χ3v) is 5.31. The third-order valence-electron chi connectivity index (χ3n) is 5.31. The van der Waals surface area contributed by atoms with E-state index in [1.54, 1.807) is 0 Å². The van der Waals surface area contributed by atoms with Crippen molar-refractivity contribution in [2.24, 2.45) is 0 Å². The lowest BCUT2D eigenvalue weighted by Gasteiger charge is -2.30. The molecule has 144 valence electrons. The molecule has 1 aliphatic rings. The van der Waals surface area contributed by atoms with Gasteiger partial charge in [0.2, 0.25) is 0 Å². The Kier molecular flexibility index (Phi) is 7.46. The highest BCUT2D eigenvalue weighted by Gasteiger charge is 2.25. The number of unbranched alkanes of at least 4 members (excludes halogenated alkanes) is 1. The Morgan fingerprint density at radius 2 is 1.70 bits per heavy atom. The zero-order valence-corrected chi connectivity index (χ0v) is 16.4. The molecule has 3 nitrogen and oxygen atoms in total. The number of hydrogen-bond acceptors (Lipinski definition) is 3. The van der Waals surface area contributed by atoms with Crippen LogP contribution in [0.25, 0.3) is 0 Å². The standard InChI is InChI=1S/C24H31NO2/c1-2-3-18-27-22-14-12-21(13-15-22)24(26)23(20-10-6-4-7-11-20)19-25-16-8-5-9-17-25/h4,6-7,10-15,23H,2-3,5,8-9,16-19H2,1H3/t23-/m0/s1. The van der Waals surface area contributed by atoms with Gasteiger partial charge in [-0.2, -0.15) is 0 Å². The summed E-state index contributed by atoms with van der Waals surface area (Å²) in [6, 6.07) is 17.9. The summed E-state index contributed by atoms with van der Waals surface area (Å²) in [5.74, 6) is 0.926. The summed E-state index contributed by atoms with van der Waals surface area (Å²) in [5.41, 5.74) is 1.88. The summed E-state index contributed by atoms with van der Waals surface area (Å²) in [4.78, 5) is 15.8. The highest BCUT2D eigenvalue weighted by molar-refractivity contribution is 6.01. The molecule has 0 unspecified atom stereocenters. The molecule has 1 aliphatic heterocycles. The molecule has 27 heavy (non-hydrogen) atoms. The van der Waals surface area contributed by atoms with Crippen molar-refractivity contribution in [1.82, 2.24) is 4.90 Å². The molecule has 0 radical (unpaired) electrons. The van der Waals surface area contributed by atoms with Gasteiger partial charge in [-0.25, -0.2) is 0 Å². The smallest absolute Gasteiger partial charge is 0.171 e. The van der Waals surface area contributed by atoms with Gasteiger partial charge in [0, 0.05) is 12.1 Å². The number of Topliss-reactive ketones (excluding diaryl/α,β-unsaturated/α-hetero) is 1. The average molecular weight is 366 g/mol. The predicted octanol–water partition coefficient (Wildman–Crippen LogP) is 5.32. The molecule has 2 aromatic rings. The van der Waals surface area contributed by atoms with E-state index in [0.29, 0.717) is 0 Å². The number of hydrogen-bond donors (Lipinski definition) is 0. The van der Waals surface area contributed by atoms with Crippen LogP contribution in [0, 0.1) is 0 Å². The molecule has 1 saturated heterocycles. The first-order chi connectivity index (χ1) is 13.3. The number of rotatable bonds is 9. The fourth-order valence-electron chi connectivity index (χ4n) is 3.68. The lowest BCUT2D eigenvalue weighted by molar-refractivity contribution is 0.0925. The van der Waals surface area contributed by atoms with E-state index in [1.165, 1.54) is 19.3 Å². The first kappa shape index (κ1) is 19.6. The molecular formula is C24H31NO2. The van der Waals surface area contributed by atoms with E-state index in [9.17, 15) is 4.79 Å². The van der Waals surface area contributed by atoms with Crippen LogP contribution in [-0.4, -0.2) is 36.9 Å². The van der Waals surface area contributed by atoms with Crippen LogP contribution in [0.3, 0.4) is 0 Å². The number of carbonyl (C=O) groups excluding carboxylic acids is 1. The van der Waals surface area contributed by atoms with Gasteiger partial charge in [-0.3, -0.25) is 4.79 Å². The van der Waals surface area contributed by atoms with E-state index in [1.807, 2.05) is 42.5 Å². The first-order valence-corrected chi connectivity index (χ1v) is 10.3. The Bertz CT molecular complexity index is 690. The fraction of sp³-hybridized carbons (Fsp3) is 0.458. The summed E-state index contributed by atoms with van der Waals surface area (Å²) < 4.78 is 5.73. The van der Waals surface area contributed by atoms with E-state index < -0.39 is 0 Å². The van der Waals surface area contributed by atoms with E-state index in [0.717, 1.165) is 56.0 Å². The summed E-state index contributed by atoms with van der Waals surface area (Å²) in [6.45, 7) is 5.88. The second-order valence-corrected chi connectivity index (χ2v) is 7.42. The average Bonchev–Trinajstić information content (AvgIpc) is 2.74. The van der Waals surface area contributed by atoms with Crippen LogP contribution in [0.15, 0.2) is 54.6 Å². The van der Waals surface area contributed by atoms with Gasteiger partial charge in [0.1, 0.15) is 5.75 Å². The third kappa shape index (κ3) is 5.67. The van der Waals surface area contributed by atoms with Crippen molar-refractivity contribution in [2.75, 3.05) is 26.2 Å². The number of ketones is 1. The molecule has 1 heterocycles. The molecule has 0 amide bonds. The van der Waals surface area contributed by atoms with Gasteiger partial charge in [-0.15, -0.1) is 0 Å². The van der Waals surface area contributed by atoms with Gasteiger partial charge in [0.25, 0.3) is 0 Å². The second kappa shape index (κ2) is 10.3. The van der Waals surface area contributed by atoms with E-state index >= 15 is 0 Å². The van der Waals surface area contributed by atoms with Gasteiger partial charge in [0.15, 0.2) is 5.78 Å². The minimum atomic E-state index is -0.115. The summed E-state index contributed by atoms with van der Waals surface area (Å²) in [6.07, 6.45) is 5.94. The Morgan fingerprint density at radius 1 is 1.00 bits per heavy atom. The second-order valence-electron chi connectivity index (χ2n) is 7.42. The van der Waals surface area contributed by atoms with Crippen LogP contribution >= 0.6 is 0 Å². The lowest BCUT2D eigenvalue weighted by Crippen LogP contribution is -2.35. The molecule has 0 bridgehead atoms. The van der Waals surface area contributed by atoms with Gasteiger partial charge >= 0.3 is 0 Å². The number of carbonyl (C=O) groups is 1. The molecule has 1 atom stereocenters. The highest BCUT2D eigenvalue weighted by Crippen LogP contribution is 2.25. The van der Waals surface area contributed by atoms with Gasteiger partial charge < -0.3 is 9.64 Å². The molecule has 0 aromatic heterocycles. The Hall–Kier alpha value is -2.13. The fourth-order valence-corrected chi connectivity index (χ4v) is 3.68. The Balaban J connectivity index is 1.73. The molecule has 0 saturated carbocycles. The number of ether oxygens (including phenoxy) is 1. The maximum absolute atomic E-state index is 13.3. The number of likely N-dealkylation sites (tertiary alicyclic amines) is 1. The molecule has 3 rings (SSSR count). The van der Waals surface area contributed by atoms with Crippen LogP contribution in [0.1, 0.15) is 60.9 Å². The predicted molar refractivity (Wildman–Crippen MR) is 111 cm³/mol. The molecular weight excluding hydrogens is 334 g/mol. The van der Waals surface area contributed by atoms with E-state index in [4.69, 9.17) is 4.74 Å². The topological polar surface area (TPSA) is 29.5 Å². The van der Waals surface area contributed by atoms with Crippen molar-refractivity contribution in [2.45, 2.75) is 44.9 Å². The minimum Gasteiger partial charge on any atom is -0.494 e. The van der Waals surface area contributed by atoms with E-state index in [-0.39, 0.29) is 11.7 Å². The van der Waals surface area contributed by atoms with Gasteiger partial charge in [-0.05, 0) is 62.2 Å². The number of piperidine rings is 1. The van der Waals surface area contributed by atoms with Crippen LogP contribution in [0.2, 0.25) is 0 Å². The van der Waals surface area contributed by atoms with Crippen molar-refractivity contribution in [3.63, 3.8) is 0 Å². The molecule has 2 aromatic carbocycles. The Morgan fingerprint density at radius 3 is 2.37 bits per heavy atom. The summed E-state index contributed by atoms with van der Waals surface area (Å²) in [5, 5.41) is 0. The SMILES string of the molecule is CCCCOc1ccc(C(=O)[C@@H](CN2CCCCC2)c2ccccc2)cc1. The molecule has 0 aliphatic carbocycles. The normalized spacial score (nSPS) is 16.0. The molecule has 0 N–H and O–H groups in total. The summed E-state index contributed by atoms with van der Waals surface area (Å²) in [7, 11) is 0.